The lowest BCUT2D eigenvalue weighted by Crippen LogP contribution is -2.50. The van der Waals surface area contributed by atoms with Crippen molar-refractivity contribution in [2.75, 3.05) is 0 Å². The molecule has 104 valence electrons. The normalized spacial score (nSPS) is 27.6. The van der Waals surface area contributed by atoms with Gasteiger partial charge in [-0.25, -0.2) is 0 Å². The number of nitrogens with zero attached hydrogens (tertiary/aromatic N) is 2. The maximum Gasteiger partial charge on any atom is 0.244 e. The zero-order chi connectivity index (χ0) is 13.8. The first-order valence-electron chi connectivity index (χ1n) is 6.39. The van der Waals surface area contributed by atoms with E-state index in [-0.39, 0.29) is 11.9 Å². The third-order valence-electron chi connectivity index (χ3n) is 3.30. The van der Waals surface area contributed by atoms with Gasteiger partial charge in [-0.15, -0.1) is 0 Å². The Morgan fingerprint density at radius 1 is 1.53 bits per heavy atom. The van der Waals surface area contributed by atoms with Gasteiger partial charge in [-0.05, 0) is 25.3 Å². The lowest BCUT2D eigenvalue weighted by molar-refractivity contribution is -0.119. The highest BCUT2D eigenvalue weighted by Crippen LogP contribution is 2.19. The summed E-state index contributed by atoms with van der Waals surface area (Å²) in [5.74, 6) is -0.276. The van der Waals surface area contributed by atoms with Crippen molar-refractivity contribution in [3.05, 3.63) is 24.0 Å². The average molecular weight is 265 g/mol. The highest BCUT2D eigenvalue weighted by molar-refractivity contribution is 5.91. The molecule has 19 heavy (non-hydrogen) atoms. The van der Waals surface area contributed by atoms with Crippen molar-refractivity contribution in [3.63, 3.8) is 0 Å². The molecule has 0 aliphatic heterocycles. The topological polar surface area (TPSA) is 87.4 Å². The fourth-order valence-electron chi connectivity index (χ4n) is 2.24. The molecule has 0 unspecified atom stereocenters. The minimum absolute atomic E-state index is 0.276. The van der Waals surface area contributed by atoms with Crippen LogP contribution in [0.5, 0.6) is 0 Å². The Bertz CT molecular complexity index is 469. The van der Waals surface area contributed by atoms with E-state index in [1.165, 1.54) is 6.08 Å². The number of aromatic nitrogens is 2. The van der Waals surface area contributed by atoms with Crippen LogP contribution in [0.4, 0.5) is 0 Å². The first-order chi connectivity index (χ1) is 9.06. The van der Waals surface area contributed by atoms with Crippen LogP contribution in [0.2, 0.25) is 0 Å². The first-order valence-corrected chi connectivity index (χ1v) is 6.39. The Hall–Kier alpha value is -1.66. The van der Waals surface area contributed by atoms with Gasteiger partial charge in [-0.1, -0.05) is 0 Å². The second kappa shape index (κ2) is 5.99. The Kier molecular flexibility index (Phi) is 4.34. The van der Waals surface area contributed by atoms with Crippen molar-refractivity contribution in [2.24, 2.45) is 7.05 Å². The number of aliphatic hydroxyl groups is 2. The molecule has 1 saturated carbocycles. The SMILES string of the molecule is Cn1cc(/C=C/C(=O)N[C@@H]2CCC[C@@H](O)[C@@H]2O)cn1. The minimum Gasteiger partial charge on any atom is -0.390 e. The molecule has 0 radical (unpaired) electrons. The number of carbonyl (C=O) groups is 1. The molecule has 0 bridgehead atoms. The summed E-state index contributed by atoms with van der Waals surface area (Å²) in [6.45, 7) is 0. The molecule has 1 amide bonds. The summed E-state index contributed by atoms with van der Waals surface area (Å²) in [5, 5.41) is 26.0. The quantitative estimate of drug-likeness (QED) is 0.662. The lowest BCUT2D eigenvalue weighted by Gasteiger charge is -2.31. The number of rotatable bonds is 3. The van der Waals surface area contributed by atoms with Gasteiger partial charge in [0.05, 0.1) is 24.4 Å². The van der Waals surface area contributed by atoms with Gasteiger partial charge in [0.15, 0.2) is 0 Å². The second-order valence-electron chi connectivity index (χ2n) is 4.88. The lowest BCUT2D eigenvalue weighted by atomic mass is 9.90. The van der Waals surface area contributed by atoms with Crippen LogP contribution < -0.4 is 5.32 Å². The molecular formula is C13H19N3O3. The van der Waals surface area contributed by atoms with Gasteiger partial charge in [-0.2, -0.15) is 5.10 Å². The molecular weight excluding hydrogens is 246 g/mol. The molecule has 1 aromatic rings. The third kappa shape index (κ3) is 3.65. The van der Waals surface area contributed by atoms with E-state index in [0.717, 1.165) is 12.0 Å². The van der Waals surface area contributed by atoms with Gasteiger partial charge in [0, 0.05) is 24.9 Å². The molecule has 1 aliphatic rings. The maximum absolute atomic E-state index is 11.7. The van der Waals surface area contributed by atoms with Crippen LogP contribution in [0.1, 0.15) is 24.8 Å². The predicted octanol–water partition coefficient (Wildman–Crippen LogP) is -0.176. The van der Waals surface area contributed by atoms with Gasteiger partial charge in [0.25, 0.3) is 0 Å². The molecule has 0 aromatic carbocycles. The van der Waals surface area contributed by atoms with E-state index in [0.29, 0.717) is 12.8 Å². The number of amides is 1. The standard InChI is InChI=1S/C13H19N3O3/c1-16-8-9(7-14-16)5-6-12(18)15-10-3-2-4-11(17)13(10)19/h5-8,10-11,13,17,19H,2-4H2,1H3,(H,15,18)/b6-5+/t10-,11-,13-/m1/s1. The van der Waals surface area contributed by atoms with Gasteiger partial charge < -0.3 is 15.5 Å². The van der Waals surface area contributed by atoms with Gasteiger partial charge in [0.2, 0.25) is 5.91 Å². The Balaban J connectivity index is 1.88. The van der Waals surface area contributed by atoms with E-state index >= 15 is 0 Å². The summed E-state index contributed by atoms with van der Waals surface area (Å²) in [5.41, 5.74) is 0.835. The van der Waals surface area contributed by atoms with Crippen molar-refractivity contribution in [2.45, 2.75) is 37.5 Å². The smallest absolute Gasteiger partial charge is 0.244 e. The zero-order valence-corrected chi connectivity index (χ0v) is 10.9. The molecule has 0 saturated heterocycles. The van der Waals surface area contributed by atoms with Crippen molar-refractivity contribution in [3.8, 4) is 0 Å². The molecule has 1 aliphatic carbocycles. The van der Waals surface area contributed by atoms with Gasteiger partial charge in [0.1, 0.15) is 0 Å². The number of aliphatic hydroxyl groups excluding tert-OH is 2. The Morgan fingerprint density at radius 3 is 3.00 bits per heavy atom. The summed E-state index contributed by atoms with van der Waals surface area (Å²) >= 11 is 0. The molecule has 3 N–H and O–H groups in total. The van der Waals surface area contributed by atoms with E-state index < -0.39 is 12.2 Å². The number of nitrogens with one attached hydrogen (secondary N) is 1. The number of aryl methyl sites for hydroxylation is 1. The van der Waals surface area contributed by atoms with Crippen LogP contribution in [-0.4, -0.2) is 44.2 Å². The van der Waals surface area contributed by atoms with Gasteiger partial charge >= 0.3 is 0 Å². The molecule has 0 spiro atoms. The Morgan fingerprint density at radius 2 is 2.32 bits per heavy atom. The summed E-state index contributed by atoms with van der Waals surface area (Å²) < 4.78 is 1.65. The van der Waals surface area contributed by atoms with Crippen molar-refractivity contribution in [1.29, 1.82) is 0 Å². The zero-order valence-electron chi connectivity index (χ0n) is 10.9. The minimum atomic E-state index is -0.885. The molecule has 1 aromatic heterocycles. The van der Waals surface area contributed by atoms with Crippen LogP contribution in [0.3, 0.4) is 0 Å². The summed E-state index contributed by atoms with van der Waals surface area (Å²) in [6, 6.07) is -0.380. The summed E-state index contributed by atoms with van der Waals surface area (Å²) in [6.07, 6.45) is 6.95. The van der Waals surface area contributed by atoms with E-state index in [4.69, 9.17) is 0 Å². The highest BCUT2D eigenvalue weighted by atomic mass is 16.3. The molecule has 6 heteroatoms. The third-order valence-corrected chi connectivity index (χ3v) is 3.30. The van der Waals surface area contributed by atoms with E-state index in [1.807, 2.05) is 0 Å². The monoisotopic (exact) mass is 265 g/mol. The maximum atomic E-state index is 11.7. The van der Waals surface area contributed by atoms with Crippen LogP contribution >= 0.6 is 0 Å². The first kappa shape index (κ1) is 13.8. The van der Waals surface area contributed by atoms with E-state index in [1.54, 1.807) is 30.2 Å². The van der Waals surface area contributed by atoms with Crippen molar-refractivity contribution < 1.29 is 15.0 Å². The number of hydrogen-bond acceptors (Lipinski definition) is 4. The van der Waals surface area contributed by atoms with E-state index in [2.05, 4.69) is 10.4 Å². The number of carbonyl (C=O) groups excluding carboxylic acids is 1. The van der Waals surface area contributed by atoms with Crippen LogP contribution in [0.25, 0.3) is 6.08 Å². The largest absolute Gasteiger partial charge is 0.390 e. The molecule has 1 fully saturated rings. The fraction of sp³-hybridized carbons (Fsp3) is 0.538. The van der Waals surface area contributed by atoms with Crippen molar-refractivity contribution >= 4 is 12.0 Å². The second-order valence-corrected chi connectivity index (χ2v) is 4.88. The molecule has 2 rings (SSSR count). The van der Waals surface area contributed by atoms with Crippen LogP contribution in [0.15, 0.2) is 18.5 Å². The predicted molar refractivity (Wildman–Crippen MR) is 70.0 cm³/mol. The molecule has 3 atom stereocenters. The van der Waals surface area contributed by atoms with Crippen molar-refractivity contribution in [1.82, 2.24) is 15.1 Å². The number of hydrogen-bond donors (Lipinski definition) is 3. The Labute approximate surface area is 111 Å². The summed E-state index contributed by atoms with van der Waals surface area (Å²) in [4.78, 5) is 11.7. The van der Waals surface area contributed by atoms with Crippen LogP contribution in [0, 0.1) is 0 Å². The summed E-state index contributed by atoms with van der Waals surface area (Å²) in [7, 11) is 1.80. The average Bonchev–Trinajstić information content (AvgIpc) is 2.78. The van der Waals surface area contributed by atoms with E-state index in [9.17, 15) is 15.0 Å². The molecule has 6 nitrogen and oxygen atoms in total. The van der Waals surface area contributed by atoms with Crippen LogP contribution in [-0.2, 0) is 11.8 Å². The van der Waals surface area contributed by atoms with Gasteiger partial charge in [-0.3, -0.25) is 9.48 Å². The highest BCUT2D eigenvalue weighted by Gasteiger charge is 2.30. The molecule has 1 heterocycles. The fourth-order valence-corrected chi connectivity index (χ4v) is 2.24.